The van der Waals surface area contributed by atoms with Crippen LogP contribution in [-0.2, 0) is 17.5 Å². The van der Waals surface area contributed by atoms with E-state index in [-0.39, 0.29) is 5.69 Å². The number of alkyl halides is 3. The Hall–Kier alpha value is -2.26. The van der Waals surface area contributed by atoms with Gasteiger partial charge in [0.05, 0.1) is 36.7 Å². The molecule has 1 aromatic heterocycles. The fraction of sp³-hybridized carbons (Fsp3) is 0.389. The molecular formula is C18H20F3N3O2S. The molecule has 2 heterocycles. The van der Waals surface area contributed by atoms with E-state index in [9.17, 15) is 18.0 Å². The van der Waals surface area contributed by atoms with E-state index in [4.69, 9.17) is 4.74 Å². The minimum absolute atomic E-state index is 0.132. The number of hydrogen-bond acceptors (Lipinski definition) is 4. The first-order valence-corrected chi connectivity index (χ1v) is 9.34. The largest absolute Gasteiger partial charge is 0.416 e. The Kier molecular flexibility index (Phi) is 5.91. The Labute approximate surface area is 159 Å². The van der Waals surface area contributed by atoms with Crippen LogP contribution in [0.15, 0.2) is 29.6 Å². The Morgan fingerprint density at radius 2 is 2.00 bits per heavy atom. The Morgan fingerprint density at radius 3 is 2.63 bits per heavy atom. The van der Waals surface area contributed by atoms with Crippen molar-refractivity contribution in [2.75, 3.05) is 36.5 Å². The van der Waals surface area contributed by atoms with Crippen LogP contribution in [0.4, 0.5) is 29.3 Å². The molecule has 0 aliphatic carbocycles. The van der Waals surface area contributed by atoms with Crippen molar-refractivity contribution >= 4 is 28.7 Å². The number of halogens is 3. The fourth-order valence-electron chi connectivity index (χ4n) is 2.80. The molecule has 0 spiro atoms. The lowest BCUT2D eigenvalue weighted by molar-refractivity contribution is -0.137. The van der Waals surface area contributed by atoms with E-state index in [0.29, 0.717) is 38.5 Å². The van der Waals surface area contributed by atoms with Crippen molar-refractivity contribution in [1.82, 2.24) is 5.32 Å². The number of urea groups is 1. The van der Waals surface area contributed by atoms with Gasteiger partial charge in [-0.05, 0) is 42.1 Å². The average Bonchev–Trinajstić information content (AvgIpc) is 3.05. The predicted octanol–water partition coefficient (Wildman–Crippen LogP) is 4.23. The number of morpholine rings is 1. The van der Waals surface area contributed by atoms with Crippen molar-refractivity contribution in [2.45, 2.75) is 19.6 Å². The number of aryl methyl sites for hydroxylation is 1. The van der Waals surface area contributed by atoms with Crippen molar-refractivity contribution in [2.24, 2.45) is 0 Å². The number of nitrogens with one attached hydrogen (secondary N) is 2. The number of benzene rings is 1. The second-order valence-electron chi connectivity index (χ2n) is 6.16. The van der Waals surface area contributed by atoms with Crippen LogP contribution in [0.3, 0.4) is 0 Å². The molecule has 0 atom stereocenters. The summed E-state index contributed by atoms with van der Waals surface area (Å²) < 4.78 is 44.6. The third-order valence-electron chi connectivity index (χ3n) is 4.30. The molecule has 0 radical (unpaired) electrons. The zero-order chi connectivity index (χ0) is 19.4. The molecule has 0 bridgehead atoms. The summed E-state index contributed by atoms with van der Waals surface area (Å²) in [5.41, 5.74) is 0.943. The minimum atomic E-state index is -4.48. The molecule has 5 nitrogen and oxygen atoms in total. The van der Waals surface area contributed by atoms with Gasteiger partial charge >= 0.3 is 12.2 Å². The van der Waals surface area contributed by atoms with E-state index in [2.05, 4.69) is 10.6 Å². The van der Waals surface area contributed by atoms with E-state index in [0.717, 1.165) is 22.6 Å². The van der Waals surface area contributed by atoms with Crippen LogP contribution in [0.1, 0.15) is 16.0 Å². The molecular weight excluding hydrogens is 379 g/mol. The Bertz CT molecular complexity index is 801. The number of thiophene rings is 1. The number of anilines is 2. The molecule has 1 aliphatic rings. The highest BCUT2D eigenvalue weighted by Crippen LogP contribution is 2.35. The standard InChI is InChI=1S/C18H20F3N3O2S/c1-12-4-9-27-16(12)11-22-17(25)23-14-10-13(18(19,20)21)2-3-15(14)24-5-7-26-8-6-24/h2-4,9-10H,5-8,11H2,1H3,(H2,22,23,25). The van der Waals surface area contributed by atoms with Gasteiger partial charge in [-0.25, -0.2) is 4.79 Å². The molecule has 2 amide bonds. The molecule has 1 aromatic carbocycles. The van der Waals surface area contributed by atoms with Gasteiger partial charge in [-0.15, -0.1) is 11.3 Å². The SMILES string of the molecule is Cc1ccsc1CNC(=O)Nc1cc(C(F)(F)F)ccc1N1CCOCC1. The topological polar surface area (TPSA) is 53.6 Å². The van der Waals surface area contributed by atoms with Crippen LogP contribution in [0.2, 0.25) is 0 Å². The molecule has 1 aliphatic heterocycles. The number of rotatable bonds is 4. The lowest BCUT2D eigenvalue weighted by atomic mass is 10.1. The first-order valence-electron chi connectivity index (χ1n) is 8.46. The molecule has 1 fully saturated rings. The normalized spacial score (nSPS) is 14.9. The van der Waals surface area contributed by atoms with E-state index in [1.807, 2.05) is 23.3 Å². The molecule has 1 saturated heterocycles. The number of ether oxygens (including phenoxy) is 1. The molecule has 3 rings (SSSR count). The fourth-order valence-corrected chi connectivity index (χ4v) is 3.65. The van der Waals surface area contributed by atoms with Gasteiger partial charge in [0.15, 0.2) is 0 Å². The first-order chi connectivity index (χ1) is 12.8. The highest BCUT2D eigenvalue weighted by atomic mass is 32.1. The zero-order valence-corrected chi connectivity index (χ0v) is 15.5. The summed E-state index contributed by atoms with van der Waals surface area (Å²) in [6.07, 6.45) is -4.48. The summed E-state index contributed by atoms with van der Waals surface area (Å²) in [5, 5.41) is 7.20. The molecule has 27 heavy (non-hydrogen) atoms. The van der Waals surface area contributed by atoms with Gasteiger partial charge in [-0.2, -0.15) is 13.2 Å². The maximum Gasteiger partial charge on any atom is 0.416 e. The van der Waals surface area contributed by atoms with Gasteiger partial charge in [-0.3, -0.25) is 0 Å². The summed E-state index contributed by atoms with van der Waals surface area (Å²) in [7, 11) is 0. The van der Waals surface area contributed by atoms with Gasteiger partial charge in [0.2, 0.25) is 0 Å². The minimum Gasteiger partial charge on any atom is -0.378 e. The highest BCUT2D eigenvalue weighted by molar-refractivity contribution is 7.10. The maximum absolute atomic E-state index is 13.1. The summed E-state index contributed by atoms with van der Waals surface area (Å²) in [6, 6.07) is 4.80. The third kappa shape index (κ3) is 4.92. The van der Waals surface area contributed by atoms with Crippen LogP contribution in [-0.4, -0.2) is 32.3 Å². The monoisotopic (exact) mass is 399 g/mol. The van der Waals surface area contributed by atoms with E-state index < -0.39 is 17.8 Å². The van der Waals surface area contributed by atoms with E-state index in [1.165, 1.54) is 17.4 Å². The predicted molar refractivity (Wildman–Crippen MR) is 99.4 cm³/mol. The van der Waals surface area contributed by atoms with Crippen LogP contribution in [0, 0.1) is 6.92 Å². The Balaban J connectivity index is 1.77. The van der Waals surface area contributed by atoms with Crippen LogP contribution in [0.5, 0.6) is 0 Å². The molecule has 0 unspecified atom stereocenters. The molecule has 146 valence electrons. The summed E-state index contributed by atoms with van der Waals surface area (Å²) in [4.78, 5) is 15.2. The smallest absolute Gasteiger partial charge is 0.378 e. The van der Waals surface area contributed by atoms with Gasteiger partial charge < -0.3 is 20.3 Å². The third-order valence-corrected chi connectivity index (χ3v) is 5.32. The lowest BCUT2D eigenvalue weighted by Crippen LogP contribution is -2.37. The Morgan fingerprint density at radius 1 is 1.26 bits per heavy atom. The van der Waals surface area contributed by atoms with Crippen LogP contribution in [0.25, 0.3) is 0 Å². The van der Waals surface area contributed by atoms with Crippen molar-refractivity contribution in [3.05, 3.63) is 45.6 Å². The van der Waals surface area contributed by atoms with Gasteiger partial charge in [0, 0.05) is 18.0 Å². The van der Waals surface area contributed by atoms with Crippen LogP contribution >= 0.6 is 11.3 Å². The van der Waals surface area contributed by atoms with Gasteiger partial charge in [0.1, 0.15) is 0 Å². The van der Waals surface area contributed by atoms with Crippen LogP contribution < -0.4 is 15.5 Å². The molecule has 2 N–H and O–H groups in total. The van der Waals surface area contributed by atoms with E-state index >= 15 is 0 Å². The highest BCUT2D eigenvalue weighted by Gasteiger charge is 2.32. The molecule has 9 heteroatoms. The summed E-state index contributed by atoms with van der Waals surface area (Å²) in [5.74, 6) is 0. The second kappa shape index (κ2) is 8.18. The lowest BCUT2D eigenvalue weighted by Gasteiger charge is -2.31. The number of amides is 2. The molecule has 0 saturated carbocycles. The number of carbonyl (C=O) groups is 1. The number of hydrogen-bond donors (Lipinski definition) is 2. The van der Waals surface area contributed by atoms with Crippen molar-refractivity contribution < 1.29 is 22.7 Å². The van der Waals surface area contributed by atoms with Crippen molar-refractivity contribution in [1.29, 1.82) is 0 Å². The quantitative estimate of drug-likeness (QED) is 0.809. The summed E-state index contributed by atoms with van der Waals surface area (Å²) in [6.45, 7) is 4.34. The van der Waals surface area contributed by atoms with Crippen molar-refractivity contribution in [3.63, 3.8) is 0 Å². The second-order valence-corrected chi connectivity index (χ2v) is 7.16. The maximum atomic E-state index is 13.1. The van der Waals surface area contributed by atoms with Gasteiger partial charge in [-0.1, -0.05) is 0 Å². The van der Waals surface area contributed by atoms with E-state index in [1.54, 1.807) is 0 Å². The average molecular weight is 399 g/mol. The molecule has 2 aromatic rings. The van der Waals surface area contributed by atoms with Crippen molar-refractivity contribution in [3.8, 4) is 0 Å². The number of carbonyl (C=O) groups excluding carboxylic acids is 1. The first kappa shape index (κ1) is 19.5. The number of nitrogens with zero attached hydrogens (tertiary/aromatic N) is 1. The summed E-state index contributed by atoms with van der Waals surface area (Å²) >= 11 is 1.52. The van der Waals surface area contributed by atoms with Gasteiger partial charge in [0.25, 0.3) is 0 Å². The zero-order valence-electron chi connectivity index (χ0n) is 14.7.